The van der Waals surface area contributed by atoms with Crippen LogP contribution < -0.4 is 4.83 Å². The highest BCUT2D eigenvalue weighted by Gasteiger charge is 2.29. The maximum Gasteiger partial charge on any atom is 0.0990 e. The van der Waals surface area contributed by atoms with Crippen LogP contribution >= 0.6 is 21.8 Å². The predicted octanol–water partition coefficient (Wildman–Crippen LogP) is 2.38. The summed E-state index contributed by atoms with van der Waals surface area (Å²) in [6.07, 6.45) is 12.9. The molecule has 1 unspecified atom stereocenters. The molecule has 0 bridgehead atoms. The summed E-state index contributed by atoms with van der Waals surface area (Å²) in [6, 6.07) is 0.382. The Balaban J connectivity index is 2.03. The van der Waals surface area contributed by atoms with Gasteiger partial charge in [-0.25, -0.2) is 0 Å². The van der Waals surface area contributed by atoms with Crippen molar-refractivity contribution in [2.45, 2.75) is 6.04 Å². The summed E-state index contributed by atoms with van der Waals surface area (Å²) in [5.41, 5.74) is 1.35. The number of nitrogens with zero attached hydrogens (tertiary/aromatic N) is 1. The summed E-state index contributed by atoms with van der Waals surface area (Å²) in [5, 5.41) is 3.49. The molecule has 3 aliphatic rings. The highest BCUT2D eigenvalue weighted by atomic mass is 33.1. The second-order valence-electron chi connectivity index (χ2n) is 2.99. The lowest BCUT2D eigenvalue weighted by Gasteiger charge is -2.30. The Labute approximate surface area is 84.9 Å². The smallest absolute Gasteiger partial charge is 0.0990 e. The van der Waals surface area contributed by atoms with E-state index in [1.165, 1.54) is 10.6 Å². The van der Waals surface area contributed by atoms with Crippen LogP contribution in [0.3, 0.4) is 0 Å². The second kappa shape index (κ2) is 2.97. The molecule has 0 radical (unpaired) electrons. The Morgan fingerprint density at radius 1 is 1.31 bits per heavy atom. The molecule has 0 aromatic heterocycles. The van der Waals surface area contributed by atoms with Crippen molar-refractivity contribution in [3.05, 3.63) is 47.1 Å². The number of hydrogen-bond donors (Lipinski definition) is 1. The molecule has 0 saturated carbocycles. The van der Waals surface area contributed by atoms with Crippen molar-refractivity contribution in [3.8, 4) is 0 Å². The van der Waals surface area contributed by atoms with E-state index in [1.54, 1.807) is 21.8 Å². The lowest BCUT2D eigenvalue weighted by molar-refractivity contribution is 0.321. The number of fused-ring (bicyclic) bond motifs is 3. The van der Waals surface area contributed by atoms with E-state index in [2.05, 4.69) is 46.3 Å². The first kappa shape index (κ1) is 7.79. The van der Waals surface area contributed by atoms with Crippen LogP contribution in [-0.2, 0) is 0 Å². The maximum atomic E-state index is 3.28. The van der Waals surface area contributed by atoms with Gasteiger partial charge in [0.05, 0.1) is 11.1 Å². The molecule has 1 saturated heterocycles. The van der Waals surface area contributed by atoms with Crippen molar-refractivity contribution in [2.75, 3.05) is 0 Å². The fraction of sp³-hybridized carbons (Fsp3) is 0.111. The van der Waals surface area contributed by atoms with E-state index in [0.29, 0.717) is 6.04 Å². The molecule has 4 heteroatoms. The minimum Gasteiger partial charge on any atom is -0.279 e. The third-order valence-electron chi connectivity index (χ3n) is 2.23. The Hall–Kier alpha value is -0.580. The maximum absolute atomic E-state index is 3.28. The van der Waals surface area contributed by atoms with Gasteiger partial charge in [0.15, 0.2) is 0 Å². The molecule has 1 atom stereocenters. The van der Waals surface area contributed by atoms with Gasteiger partial charge in [0.2, 0.25) is 0 Å². The molecule has 0 amide bonds. The molecule has 13 heavy (non-hydrogen) atoms. The lowest BCUT2D eigenvalue weighted by Crippen LogP contribution is -2.39. The van der Waals surface area contributed by atoms with Gasteiger partial charge >= 0.3 is 0 Å². The predicted molar refractivity (Wildman–Crippen MR) is 58.4 cm³/mol. The first-order chi connectivity index (χ1) is 6.45. The van der Waals surface area contributed by atoms with Gasteiger partial charge in [0.25, 0.3) is 0 Å². The van der Waals surface area contributed by atoms with Gasteiger partial charge in [-0.1, -0.05) is 30.4 Å². The van der Waals surface area contributed by atoms with Crippen LogP contribution in [0.15, 0.2) is 47.1 Å². The first-order valence-corrected chi connectivity index (χ1v) is 6.25. The van der Waals surface area contributed by atoms with E-state index in [0.717, 1.165) is 0 Å². The number of hydrogen-bond acceptors (Lipinski definition) is 4. The second-order valence-corrected chi connectivity index (χ2v) is 4.92. The van der Waals surface area contributed by atoms with Gasteiger partial charge in [-0.05, 0) is 22.4 Å². The molecular formula is C9H8N2S2. The van der Waals surface area contributed by atoms with E-state index in [4.69, 9.17) is 0 Å². The van der Waals surface area contributed by atoms with E-state index >= 15 is 0 Å². The summed E-state index contributed by atoms with van der Waals surface area (Å²) in [5.74, 6) is 0. The van der Waals surface area contributed by atoms with Gasteiger partial charge in [0.1, 0.15) is 0 Å². The summed E-state index contributed by atoms with van der Waals surface area (Å²) >= 11 is 0. The number of rotatable bonds is 0. The van der Waals surface area contributed by atoms with Crippen LogP contribution in [0.5, 0.6) is 0 Å². The zero-order chi connectivity index (χ0) is 8.67. The van der Waals surface area contributed by atoms with Crippen molar-refractivity contribution >= 4 is 21.8 Å². The molecule has 2 aliphatic heterocycles. The molecule has 1 fully saturated rings. The van der Waals surface area contributed by atoms with E-state index in [1.807, 2.05) is 0 Å². The third-order valence-corrected chi connectivity index (χ3v) is 4.08. The Kier molecular flexibility index (Phi) is 1.78. The van der Waals surface area contributed by atoms with Crippen LogP contribution in [0, 0.1) is 0 Å². The van der Waals surface area contributed by atoms with Gasteiger partial charge in [-0.15, -0.1) is 0 Å². The SMILES string of the molecule is C1=CC2=CC=C3SSNN3C2C=C1. The minimum atomic E-state index is 0.382. The number of nitrogens with one attached hydrogen (secondary N) is 1. The van der Waals surface area contributed by atoms with Crippen molar-refractivity contribution in [1.82, 2.24) is 9.84 Å². The van der Waals surface area contributed by atoms with E-state index < -0.39 is 0 Å². The zero-order valence-electron chi connectivity index (χ0n) is 6.81. The van der Waals surface area contributed by atoms with Crippen molar-refractivity contribution in [2.24, 2.45) is 0 Å². The molecule has 2 nitrogen and oxygen atoms in total. The summed E-state index contributed by atoms with van der Waals surface area (Å²) in [6.45, 7) is 0. The summed E-state index contributed by atoms with van der Waals surface area (Å²) in [7, 11) is 3.44. The fourth-order valence-corrected chi connectivity index (χ4v) is 3.44. The standard InChI is InChI=1S/C9H8N2S2/c1-2-4-8-7(3-1)5-6-9-11(8)10-13-12-9/h1-6,8,10H. The third kappa shape index (κ3) is 1.17. The van der Waals surface area contributed by atoms with Gasteiger partial charge in [-0.3, -0.25) is 5.01 Å². The molecule has 0 aromatic rings. The van der Waals surface area contributed by atoms with Crippen LogP contribution in [0.4, 0.5) is 0 Å². The van der Waals surface area contributed by atoms with Crippen molar-refractivity contribution < 1.29 is 0 Å². The molecule has 1 N–H and O–H groups in total. The monoisotopic (exact) mass is 208 g/mol. The highest BCUT2D eigenvalue weighted by Crippen LogP contribution is 2.42. The summed E-state index contributed by atoms with van der Waals surface area (Å²) < 4.78 is 0. The van der Waals surface area contributed by atoms with Gasteiger partial charge < -0.3 is 0 Å². The average Bonchev–Trinajstić information content (AvgIpc) is 2.65. The number of allylic oxidation sites excluding steroid dienone is 4. The van der Waals surface area contributed by atoms with Crippen molar-refractivity contribution in [1.29, 1.82) is 0 Å². The van der Waals surface area contributed by atoms with E-state index in [9.17, 15) is 0 Å². The highest BCUT2D eigenvalue weighted by molar-refractivity contribution is 8.77. The molecule has 3 rings (SSSR count). The molecule has 2 heterocycles. The van der Waals surface area contributed by atoms with E-state index in [-0.39, 0.29) is 0 Å². The Bertz CT molecular complexity index is 355. The van der Waals surface area contributed by atoms with Crippen LogP contribution in [0.25, 0.3) is 0 Å². The topological polar surface area (TPSA) is 15.3 Å². The van der Waals surface area contributed by atoms with Crippen molar-refractivity contribution in [3.63, 3.8) is 0 Å². The lowest BCUT2D eigenvalue weighted by atomic mass is 9.99. The van der Waals surface area contributed by atoms with Crippen LogP contribution in [0.2, 0.25) is 0 Å². The molecule has 0 aromatic carbocycles. The molecule has 0 spiro atoms. The quantitative estimate of drug-likeness (QED) is 0.485. The average molecular weight is 208 g/mol. The van der Waals surface area contributed by atoms with Gasteiger partial charge in [0, 0.05) is 11.0 Å². The summed E-state index contributed by atoms with van der Waals surface area (Å²) in [4.78, 5) is 3.28. The van der Waals surface area contributed by atoms with Gasteiger partial charge in [-0.2, -0.15) is 4.83 Å². The fourth-order valence-electron chi connectivity index (χ4n) is 1.59. The minimum absolute atomic E-state index is 0.382. The normalized spacial score (nSPS) is 29.5. The van der Waals surface area contributed by atoms with Crippen LogP contribution in [-0.4, -0.2) is 11.1 Å². The van der Waals surface area contributed by atoms with Crippen LogP contribution in [0.1, 0.15) is 0 Å². The molecule has 66 valence electrons. The number of hydrazine groups is 1. The Morgan fingerprint density at radius 2 is 2.31 bits per heavy atom. The largest absolute Gasteiger partial charge is 0.279 e. The first-order valence-electron chi connectivity index (χ1n) is 4.10. The Morgan fingerprint density at radius 3 is 3.31 bits per heavy atom. The molecule has 1 aliphatic carbocycles. The zero-order valence-corrected chi connectivity index (χ0v) is 8.44. The molecular weight excluding hydrogens is 200 g/mol.